The van der Waals surface area contributed by atoms with Gasteiger partial charge in [0, 0.05) is 11.1 Å². The second-order valence-electron chi connectivity index (χ2n) is 3.56. The van der Waals surface area contributed by atoms with Gasteiger partial charge in [-0.15, -0.1) is 0 Å². The maximum absolute atomic E-state index is 2.35. The van der Waals surface area contributed by atoms with Crippen molar-refractivity contribution in [2.45, 2.75) is 6.92 Å². The van der Waals surface area contributed by atoms with Gasteiger partial charge in [0.15, 0.2) is 0 Å². The van der Waals surface area contributed by atoms with E-state index in [1.54, 1.807) is 7.14 Å². The van der Waals surface area contributed by atoms with Crippen LogP contribution in [0.3, 0.4) is 0 Å². The Balaban J connectivity index is 2.27. The summed E-state index contributed by atoms with van der Waals surface area (Å²) >= 11 is 0.0860. The standard InChI is InChI=1S/C13H10I/c1-9-6-7-11-10-4-2-3-5-12(10)14-13(11)8-9/h2-8H,1H3/q+1. The smallest absolute Gasteiger partial charge is 0.0613 e. The van der Waals surface area contributed by atoms with Gasteiger partial charge in [-0.2, -0.15) is 0 Å². The van der Waals surface area contributed by atoms with Crippen LogP contribution >= 0.6 is 0 Å². The molecule has 68 valence electrons. The van der Waals surface area contributed by atoms with Crippen LogP contribution in [0.25, 0.3) is 11.1 Å². The first-order valence-electron chi connectivity index (χ1n) is 4.69. The van der Waals surface area contributed by atoms with E-state index in [0.717, 1.165) is 0 Å². The number of fused-ring (bicyclic) bond motifs is 3. The van der Waals surface area contributed by atoms with Crippen molar-refractivity contribution >= 4 is 0 Å². The molecule has 0 unspecified atom stereocenters. The van der Waals surface area contributed by atoms with Crippen LogP contribution in [0.2, 0.25) is 0 Å². The van der Waals surface area contributed by atoms with Crippen LogP contribution in [0.5, 0.6) is 0 Å². The van der Waals surface area contributed by atoms with Crippen molar-refractivity contribution in [3.05, 3.63) is 55.2 Å². The van der Waals surface area contributed by atoms with E-state index in [4.69, 9.17) is 0 Å². The zero-order chi connectivity index (χ0) is 9.54. The number of hydrogen-bond acceptors (Lipinski definition) is 0. The molecule has 0 spiro atoms. The fourth-order valence-corrected chi connectivity index (χ4v) is 4.97. The molecule has 0 nitrogen and oxygen atoms in total. The normalized spacial score (nSPS) is 12.4. The number of aryl methyl sites for hydroxylation is 1. The first-order valence-corrected chi connectivity index (χ1v) is 6.85. The van der Waals surface area contributed by atoms with Gasteiger partial charge < -0.3 is 0 Å². The van der Waals surface area contributed by atoms with E-state index in [1.165, 1.54) is 16.7 Å². The summed E-state index contributed by atoms with van der Waals surface area (Å²) in [6.45, 7) is 2.17. The zero-order valence-electron chi connectivity index (χ0n) is 7.92. The predicted molar refractivity (Wildman–Crippen MR) is 54.0 cm³/mol. The average Bonchev–Trinajstić information content (AvgIpc) is 2.54. The van der Waals surface area contributed by atoms with Gasteiger partial charge in [-0.25, -0.2) is 0 Å². The van der Waals surface area contributed by atoms with Gasteiger partial charge in [0.25, 0.3) is 0 Å². The van der Waals surface area contributed by atoms with Gasteiger partial charge in [-0.1, -0.05) is 18.2 Å². The van der Waals surface area contributed by atoms with Gasteiger partial charge in [0.1, 0.15) is 0 Å². The summed E-state index contributed by atoms with van der Waals surface area (Å²) in [6, 6.07) is 15.6. The van der Waals surface area contributed by atoms with Crippen molar-refractivity contribution in [2.24, 2.45) is 0 Å². The number of rotatable bonds is 0. The second kappa shape index (κ2) is 3.09. The molecule has 2 aromatic rings. The average molecular weight is 293 g/mol. The summed E-state index contributed by atoms with van der Waals surface area (Å²) < 4.78 is 3.16. The lowest BCUT2D eigenvalue weighted by Gasteiger charge is -1.94. The predicted octanol–water partition coefficient (Wildman–Crippen LogP) is 0.104. The second-order valence-corrected chi connectivity index (χ2v) is 6.42. The summed E-state index contributed by atoms with van der Waals surface area (Å²) in [6.07, 6.45) is 0. The number of hydrogen-bond donors (Lipinski definition) is 0. The van der Waals surface area contributed by atoms with Crippen molar-refractivity contribution in [2.75, 3.05) is 0 Å². The monoisotopic (exact) mass is 293 g/mol. The molecule has 1 heterocycles. The molecule has 0 amide bonds. The first-order chi connectivity index (χ1) is 6.84. The third-order valence-corrected chi connectivity index (χ3v) is 5.49. The van der Waals surface area contributed by atoms with E-state index >= 15 is 0 Å². The SMILES string of the molecule is Cc1ccc2c(c1)[I+]c1ccccc1-2. The van der Waals surface area contributed by atoms with Crippen LogP contribution in [0.15, 0.2) is 42.5 Å². The molecular weight excluding hydrogens is 283 g/mol. The molecular formula is C13H10I+. The Morgan fingerprint density at radius 1 is 0.857 bits per heavy atom. The Morgan fingerprint density at radius 2 is 1.64 bits per heavy atom. The molecule has 0 saturated heterocycles. The van der Waals surface area contributed by atoms with Crippen molar-refractivity contribution in [1.29, 1.82) is 0 Å². The molecule has 1 aliphatic rings. The third-order valence-electron chi connectivity index (χ3n) is 2.49. The fraction of sp³-hybridized carbons (Fsp3) is 0.0769. The van der Waals surface area contributed by atoms with Crippen molar-refractivity contribution in [3.8, 4) is 11.1 Å². The minimum atomic E-state index is 0.0860. The molecule has 0 saturated carbocycles. The molecule has 0 radical (unpaired) electrons. The highest BCUT2D eigenvalue weighted by Crippen LogP contribution is 2.22. The molecule has 0 atom stereocenters. The number of halogens is 1. The Hall–Kier alpha value is -0.830. The minimum absolute atomic E-state index is 0.0860. The summed E-state index contributed by atoms with van der Waals surface area (Å²) in [7, 11) is 0. The lowest BCUT2D eigenvalue weighted by Crippen LogP contribution is -3.61. The Kier molecular flexibility index (Phi) is 1.87. The molecule has 0 fully saturated rings. The molecule has 1 heteroatoms. The molecule has 2 aromatic carbocycles. The molecule has 1 aliphatic heterocycles. The summed E-state index contributed by atoms with van der Waals surface area (Å²) in [5.74, 6) is 0. The van der Waals surface area contributed by atoms with Gasteiger partial charge in [-0.05, 0) is 36.8 Å². The zero-order valence-corrected chi connectivity index (χ0v) is 10.1. The Bertz CT molecular complexity index is 500. The molecule has 0 aromatic heterocycles. The summed E-state index contributed by atoms with van der Waals surface area (Å²) in [5.41, 5.74) is 4.32. The number of benzene rings is 2. The van der Waals surface area contributed by atoms with E-state index in [0.29, 0.717) is 0 Å². The van der Waals surface area contributed by atoms with E-state index < -0.39 is 0 Å². The minimum Gasteiger partial charge on any atom is -0.0613 e. The van der Waals surface area contributed by atoms with Gasteiger partial charge in [-0.3, -0.25) is 0 Å². The van der Waals surface area contributed by atoms with Crippen LogP contribution in [0.1, 0.15) is 5.56 Å². The highest BCUT2D eigenvalue weighted by atomic mass is 127. The first kappa shape index (κ1) is 8.48. The maximum Gasteiger partial charge on any atom is 0.359 e. The molecule has 0 bridgehead atoms. The summed E-state index contributed by atoms with van der Waals surface area (Å²) in [4.78, 5) is 0. The van der Waals surface area contributed by atoms with Crippen LogP contribution in [0, 0.1) is 14.1 Å². The van der Waals surface area contributed by atoms with Gasteiger partial charge >= 0.3 is 21.2 Å². The van der Waals surface area contributed by atoms with Crippen LogP contribution in [0.4, 0.5) is 0 Å². The van der Waals surface area contributed by atoms with E-state index in [-0.39, 0.29) is 21.2 Å². The van der Waals surface area contributed by atoms with Crippen LogP contribution in [-0.2, 0) is 0 Å². The fourth-order valence-electron chi connectivity index (χ4n) is 1.79. The molecule has 0 N–H and O–H groups in total. The van der Waals surface area contributed by atoms with E-state index in [1.807, 2.05) is 0 Å². The van der Waals surface area contributed by atoms with Crippen LogP contribution in [-0.4, -0.2) is 0 Å². The summed E-state index contributed by atoms with van der Waals surface area (Å²) in [5, 5.41) is 0. The molecule has 0 aliphatic carbocycles. The Morgan fingerprint density at radius 3 is 2.57 bits per heavy atom. The van der Waals surface area contributed by atoms with E-state index in [9.17, 15) is 0 Å². The molecule has 14 heavy (non-hydrogen) atoms. The van der Waals surface area contributed by atoms with Gasteiger partial charge in [0.05, 0.1) is 0 Å². The topological polar surface area (TPSA) is 0 Å². The van der Waals surface area contributed by atoms with Crippen molar-refractivity contribution in [1.82, 2.24) is 0 Å². The highest BCUT2D eigenvalue weighted by Gasteiger charge is 2.32. The highest BCUT2D eigenvalue weighted by molar-refractivity contribution is 5.64. The van der Waals surface area contributed by atoms with Crippen LogP contribution < -0.4 is 21.2 Å². The molecule has 3 rings (SSSR count). The lowest BCUT2D eigenvalue weighted by atomic mass is 10.0. The quantitative estimate of drug-likeness (QED) is 0.516. The maximum atomic E-state index is 2.35. The van der Waals surface area contributed by atoms with Gasteiger partial charge in [0.2, 0.25) is 7.14 Å². The van der Waals surface area contributed by atoms with Crippen molar-refractivity contribution in [3.63, 3.8) is 0 Å². The third kappa shape index (κ3) is 1.19. The largest absolute Gasteiger partial charge is 0.359 e. The van der Waals surface area contributed by atoms with E-state index in [2.05, 4.69) is 49.4 Å². The van der Waals surface area contributed by atoms with Crippen molar-refractivity contribution < 1.29 is 21.2 Å². The Labute approximate surface area is 94.2 Å². The lowest BCUT2D eigenvalue weighted by molar-refractivity contribution is -0.589.